The predicted octanol–water partition coefficient (Wildman–Crippen LogP) is 2.86. The van der Waals surface area contributed by atoms with Crippen LogP contribution in [0.15, 0.2) is 59.5 Å². The van der Waals surface area contributed by atoms with Crippen LogP contribution in [0.2, 0.25) is 0 Å². The molecule has 0 aliphatic carbocycles. The van der Waals surface area contributed by atoms with Crippen molar-refractivity contribution in [2.24, 2.45) is 0 Å². The van der Waals surface area contributed by atoms with Crippen LogP contribution in [-0.2, 0) is 10.1 Å². The molecule has 0 saturated carbocycles. The van der Waals surface area contributed by atoms with Gasteiger partial charge in [-0.15, -0.1) is 0 Å². The number of fused-ring (bicyclic) bond motifs is 3. The van der Waals surface area contributed by atoms with Crippen LogP contribution in [0.4, 0.5) is 0 Å². The molecule has 0 aliphatic heterocycles. The van der Waals surface area contributed by atoms with Crippen molar-refractivity contribution < 1.29 is 13.0 Å². The van der Waals surface area contributed by atoms with Gasteiger partial charge in [-0.05, 0) is 22.2 Å². The normalized spacial score (nSPS) is 11.4. The second kappa shape index (κ2) is 5.72. The Morgan fingerprint density at radius 1 is 0.737 bits per heavy atom. The summed E-state index contributed by atoms with van der Waals surface area (Å²) in [6.07, 6.45) is 0. The number of hydrogen-bond acceptors (Lipinski definition) is 2. The van der Waals surface area contributed by atoms with Crippen molar-refractivity contribution >= 4 is 89.9 Å². The minimum atomic E-state index is -4.20. The summed E-state index contributed by atoms with van der Waals surface area (Å²) in [5.41, 5.74) is 0. The standard InChI is InChI=1S/C14H10O3S.Rb/c15-18(16,17)14-7-3-6-12-11-5-2-1-4-10(11)8-9-13(12)14;/h1-9H,(H,15,16,17);. The number of rotatable bonds is 1. The summed E-state index contributed by atoms with van der Waals surface area (Å²) in [6.45, 7) is 0. The van der Waals surface area contributed by atoms with Crippen LogP contribution in [0.3, 0.4) is 0 Å². The van der Waals surface area contributed by atoms with E-state index in [1.54, 1.807) is 12.1 Å². The fraction of sp³-hybridized carbons (Fsp3) is 0. The first kappa shape index (κ1) is 15.3. The van der Waals surface area contributed by atoms with Gasteiger partial charge in [0.15, 0.2) is 0 Å². The quantitative estimate of drug-likeness (QED) is 0.546. The molecule has 91 valence electrons. The Kier molecular flexibility index (Phi) is 4.60. The molecule has 0 heterocycles. The molecule has 0 saturated heterocycles. The zero-order chi connectivity index (χ0) is 12.8. The predicted molar refractivity (Wildman–Crippen MR) is 77.0 cm³/mol. The summed E-state index contributed by atoms with van der Waals surface area (Å²) in [6, 6.07) is 16.2. The average molecular weight is 344 g/mol. The minimum absolute atomic E-state index is 0. The van der Waals surface area contributed by atoms with Gasteiger partial charge in [0.1, 0.15) is 4.90 Å². The molecule has 19 heavy (non-hydrogen) atoms. The molecule has 0 aromatic heterocycles. The molecule has 3 nitrogen and oxygen atoms in total. The van der Waals surface area contributed by atoms with E-state index in [2.05, 4.69) is 0 Å². The third kappa shape index (κ3) is 2.84. The van der Waals surface area contributed by atoms with Gasteiger partial charge in [0.25, 0.3) is 10.1 Å². The monoisotopic (exact) mass is 343 g/mol. The molecule has 0 spiro atoms. The topological polar surface area (TPSA) is 54.4 Å². The van der Waals surface area contributed by atoms with Crippen LogP contribution in [-0.4, -0.2) is 71.2 Å². The molecule has 0 unspecified atom stereocenters. The van der Waals surface area contributed by atoms with Crippen molar-refractivity contribution in [3.05, 3.63) is 54.6 Å². The maximum Gasteiger partial charge on any atom is 0.295 e. The largest absolute Gasteiger partial charge is 0.295 e. The second-order valence-corrected chi connectivity index (χ2v) is 5.50. The van der Waals surface area contributed by atoms with Gasteiger partial charge >= 0.3 is 0 Å². The van der Waals surface area contributed by atoms with Crippen molar-refractivity contribution in [3.8, 4) is 0 Å². The van der Waals surface area contributed by atoms with Crippen LogP contribution in [0.5, 0.6) is 0 Å². The maximum absolute atomic E-state index is 11.3. The van der Waals surface area contributed by atoms with Crippen LogP contribution in [0.1, 0.15) is 0 Å². The van der Waals surface area contributed by atoms with Crippen LogP contribution < -0.4 is 0 Å². The summed E-state index contributed by atoms with van der Waals surface area (Å²) < 4.78 is 31.9. The molecule has 3 aromatic carbocycles. The van der Waals surface area contributed by atoms with Crippen molar-refractivity contribution in [2.45, 2.75) is 4.90 Å². The minimum Gasteiger partial charge on any atom is -0.282 e. The number of hydrogen-bond donors (Lipinski definition) is 1. The van der Waals surface area contributed by atoms with E-state index in [0.29, 0.717) is 5.39 Å². The van der Waals surface area contributed by atoms with Gasteiger partial charge in [0.2, 0.25) is 0 Å². The molecule has 0 fully saturated rings. The van der Waals surface area contributed by atoms with E-state index in [1.165, 1.54) is 6.07 Å². The summed E-state index contributed by atoms with van der Waals surface area (Å²) in [7, 11) is -4.20. The van der Waals surface area contributed by atoms with E-state index >= 15 is 0 Å². The first-order valence-corrected chi connectivity index (χ1v) is 6.89. The molecule has 0 aliphatic rings. The third-order valence-electron chi connectivity index (χ3n) is 3.02. The average Bonchev–Trinajstić information content (AvgIpc) is 2.36. The van der Waals surface area contributed by atoms with Crippen LogP contribution in [0.25, 0.3) is 21.5 Å². The van der Waals surface area contributed by atoms with E-state index in [9.17, 15) is 13.0 Å². The van der Waals surface area contributed by atoms with Crippen molar-refractivity contribution in [2.75, 3.05) is 0 Å². The molecule has 3 rings (SSSR count). The first-order valence-electron chi connectivity index (χ1n) is 5.45. The number of benzene rings is 3. The fourth-order valence-electron chi connectivity index (χ4n) is 2.24. The Morgan fingerprint density at radius 3 is 2.16 bits per heavy atom. The van der Waals surface area contributed by atoms with Gasteiger partial charge in [-0.2, -0.15) is 8.42 Å². The summed E-state index contributed by atoms with van der Waals surface area (Å²) in [5.74, 6) is 0. The molecule has 0 bridgehead atoms. The molecule has 0 atom stereocenters. The summed E-state index contributed by atoms with van der Waals surface area (Å²) in [5, 5.41) is 3.37. The van der Waals surface area contributed by atoms with Gasteiger partial charge in [0.05, 0.1) is 0 Å². The zero-order valence-corrected chi connectivity index (χ0v) is 16.1. The Balaban J connectivity index is 0.00000133. The van der Waals surface area contributed by atoms with Crippen LogP contribution >= 0.6 is 0 Å². The van der Waals surface area contributed by atoms with Gasteiger partial charge in [-0.3, -0.25) is 4.55 Å². The molecule has 1 N–H and O–H groups in total. The Bertz CT molecular complexity index is 857. The Labute approximate surface area is 160 Å². The van der Waals surface area contributed by atoms with Crippen molar-refractivity contribution in [1.82, 2.24) is 0 Å². The SMILES string of the molecule is O=S(=O)(O)c1cccc2c1ccc1ccccc12.[Rb]. The van der Waals surface area contributed by atoms with Gasteiger partial charge in [0, 0.05) is 63.6 Å². The van der Waals surface area contributed by atoms with E-state index in [1.807, 2.05) is 36.4 Å². The third-order valence-corrected chi connectivity index (χ3v) is 3.94. The van der Waals surface area contributed by atoms with E-state index in [4.69, 9.17) is 0 Å². The van der Waals surface area contributed by atoms with E-state index in [-0.39, 0.29) is 63.1 Å². The molecule has 5 heteroatoms. The first-order chi connectivity index (χ1) is 8.57. The smallest absolute Gasteiger partial charge is 0.282 e. The van der Waals surface area contributed by atoms with E-state index < -0.39 is 10.1 Å². The Hall–Kier alpha value is -0.105. The van der Waals surface area contributed by atoms with Crippen LogP contribution in [0, 0.1) is 0 Å². The summed E-state index contributed by atoms with van der Waals surface area (Å²) >= 11 is 0. The summed E-state index contributed by atoms with van der Waals surface area (Å²) in [4.78, 5) is -0.0502. The van der Waals surface area contributed by atoms with Gasteiger partial charge in [-0.25, -0.2) is 0 Å². The second-order valence-electron chi connectivity index (χ2n) is 4.11. The maximum atomic E-state index is 11.3. The Morgan fingerprint density at radius 2 is 1.42 bits per heavy atom. The van der Waals surface area contributed by atoms with Gasteiger partial charge in [-0.1, -0.05) is 48.5 Å². The fourth-order valence-corrected chi connectivity index (χ4v) is 2.94. The molecular weight excluding hydrogens is 334 g/mol. The molecular formula is C14H10O3RbS. The van der Waals surface area contributed by atoms with E-state index in [0.717, 1.165) is 16.2 Å². The zero-order valence-electron chi connectivity index (χ0n) is 10.4. The van der Waals surface area contributed by atoms with Gasteiger partial charge < -0.3 is 0 Å². The molecule has 3 aromatic rings. The van der Waals surface area contributed by atoms with Crippen molar-refractivity contribution in [1.29, 1.82) is 0 Å². The van der Waals surface area contributed by atoms with Crippen molar-refractivity contribution in [3.63, 3.8) is 0 Å². The molecule has 0 amide bonds. The molecule has 1 radical (unpaired) electrons.